The number of aryl methyl sites for hydroxylation is 2. The van der Waals surface area contributed by atoms with Gasteiger partial charge in [0.25, 0.3) is 0 Å². The van der Waals surface area contributed by atoms with Gasteiger partial charge >= 0.3 is 0 Å². The van der Waals surface area contributed by atoms with E-state index in [-0.39, 0.29) is 18.2 Å². The van der Waals surface area contributed by atoms with Crippen LogP contribution in [0, 0.1) is 20.8 Å². The summed E-state index contributed by atoms with van der Waals surface area (Å²) in [5.74, 6) is -0.422. The monoisotopic (exact) mass is 194 g/mol. The van der Waals surface area contributed by atoms with E-state index in [2.05, 4.69) is 12.0 Å². The van der Waals surface area contributed by atoms with Gasteiger partial charge in [0.2, 0.25) is 5.91 Å². The molecule has 2 N–H and O–H groups in total. The van der Waals surface area contributed by atoms with Crippen LogP contribution in [0.25, 0.3) is 0 Å². The molecule has 4 heteroatoms. The second kappa shape index (κ2) is 3.82. The predicted molar refractivity (Wildman–Crippen MR) is 54.6 cm³/mol. The first kappa shape index (κ1) is 10.8. The van der Waals surface area contributed by atoms with Crippen LogP contribution in [0.2, 0.25) is 0 Å². The van der Waals surface area contributed by atoms with Crippen molar-refractivity contribution < 1.29 is 4.79 Å². The molecule has 0 aliphatic heterocycles. The van der Waals surface area contributed by atoms with E-state index in [9.17, 15) is 4.79 Å². The third-order valence-electron chi connectivity index (χ3n) is 2.42. The number of carbonyl (C=O) groups excluding carboxylic acids is 1. The predicted octanol–water partition coefficient (Wildman–Crippen LogP) is 0.830. The Bertz CT molecular complexity index is 354. The third-order valence-corrected chi connectivity index (χ3v) is 2.42. The van der Waals surface area contributed by atoms with E-state index in [4.69, 9.17) is 5.73 Å². The van der Waals surface area contributed by atoms with Crippen molar-refractivity contribution in [2.24, 2.45) is 12.8 Å². The fourth-order valence-electron chi connectivity index (χ4n) is 1.73. The molecule has 4 nitrogen and oxygen atoms in total. The maximum atomic E-state index is 10.8. The largest absolute Gasteiger partial charge is 0.370 e. The number of carbonyl (C=O) groups is 1. The number of amides is 1. The van der Waals surface area contributed by atoms with Crippen LogP contribution in [0.3, 0.4) is 0 Å². The molecule has 14 heavy (non-hydrogen) atoms. The Morgan fingerprint density at radius 2 is 2.21 bits per heavy atom. The molecule has 0 aliphatic carbocycles. The Hall–Kier alpha value is -1.32. The van der Waals surface area contributed by atoms with Crippen molar-refractivity contribution in [1.82, 2.24) is 9.78 Å². The average molecular weight is 194 g/mol. The normalized spacial score (nSPS) is 12.9. The van der Waals surface area contributed by atoms with Gasteiger partial charge in [-0.25, -0.2) is 0 Å². The summed E-state index contributed by atoms with van der Waals surface area (Å²) in [5.41, 5.74) is 8.13. The number of nitrogens with zero attached hydrogens (tertiary/aromatic N) is 2. The van der Waals surface area contributed by atoms with Gasteiger partial charge in [-0.05, 0) is 32.3 Å². The minimum atomic E-state index is -0.326. The molecular formula is C10H16N3O. The van der Waals surface area contributed by atoms with E-state index in [0.717, 1.165) is 17.0 Å². The lowest BCUT2D eigenvalue weighted by Crippen LogP contribution is -2.14. The summed E-state index contributed by atoms with van der Waals surface area (Å²) in [4.78, 5) is 10.8. The Kier molecular flexibility index (Phi) is 2.93. The number of hydrogen-bond acceptors (Lipinski definition) is 2. The van der Waals surface area contributed by atoms with Gasteiger partial charge in [0.1, 0.15) is 0 Å². The molecular weight excluding hydrogens is 178 g/mol. The molecule has 0 saturated carbocycles. The van der Waals surface area contributed by atoms with Crippen LogP contribution in [-0.2, 0) is 11.8 Å². The number of hydrogen-bond donors (Lipinski definition) is 1. The first-order valence-electron chi connectivity index (χ1n) is 4.55. The Morgan fingerprint density at radius 1 is 1.64 bits per heavy atom. The van der Waals surface area contributed by atoms with Gasteiger partial charge in [-0.3, -0.25) is 9.48 Å². The van der Waals surface area contributed by atoms with Gasteiger partial charge in [-0.2, -0.15) is 5.10 Å². The van der Waals surface area contributed by atoms with Crippen molar-refractivity contribution in [1.29, 1.82) is 0 Å². The van der Waals surface area contributed by atoms with Crippen LogP contribution in [0.15, 0.2) is 0 Å². The molecule has 1 rings (SSSR count). The van der Waals surface area contributed by atoms with E-state index >= 15 is 0 Å². The zero-order valence-corrected chi connectivity index (χ0v) is 8.87. The van der Waals surface area contributed by atoms with Gasteiger partial charge in [0.05, 0.1) is 5.69 Å². The zero-order chi connectivity index (χ0) is 10.9. The number of aromatic nitrogens is 2. The molecule has 1 radical (unpaired) electrons. The molecule has 1 atom stereocenters. The van der Waals surface area contributed by atoms with E-state index in [1.807, 2.05) is 20.9 Å². The van der Waals surface area contributed by atoms with Crippen molar-refractivity contribution in [3.8, 4) is 0 Å². The minimum Gasteiger partial charge on any atom is -0.370 e. The number of nitrogens with two attached hydrogens (primary N) is 1. The van der Waals surface area contributed by atoms with Crippen LogP contribution in [0.4, 0.5) is 0 Å². The van der Waals surface area contributed by atoms with E-state index in [1.54, 1.807) is 4.68 Å². The van der Waals surface area contributed by atoms with Gasteiger partial charge in [-0.1, -0.05) is 0 Å². The van der Waals surface area contributed by atoms with Crippen LogP contribution in [0.5, 0.6) is 0 Å². The van der Waals surface area contributed by atoms with Crippen LogP contribution >= 0.6 is 0 Å². The van der Waals surface area contributed by atoms with Crippen LogP contribution in [0.1, 0.15) is 29.3 Å². The van der Waals surface area contributed by atoms with Gasteiger partial charge < -0.3 is 5.73 Å². The molecule has 1 aromatic heterocycles. The quantitative estimate of drug-likeness (QED) is 0.774. The lowest BCUT2D eigenvalue weighted by molar-refractivity contribution is -0.118. The summed E-state index contributed by atoms with van der Waals surface area (Å²) in [5, 5.41) is 4.26. The summed E-state index contributed by atoms with van der Waals surface area (Å²) in [6.45, 7) is 7.81. The highest BCUT2D eigenvalue weighted by Gasteiger charge is 2.17. The molecule has 0 saturated heterocycles. The number of primary amides is 1. The first-order chi connectivity index (χ1) is 6.43. The van der Waals surface area contributed by atoms with Crippen molar-refractivity contribution >= 4 is 5.91 Å². The molecule has 0 aromatic carbocycles. The fourth-order valence-corrected chi connectivity index (χ4v) is 1.73. The summed E-state index contributed by atoms with van der Waals surface area (Å²) in [6.07, 6.45) is 0.271. The summed E-state index contributed by atoms with van der Waals surface area (Å²) in [6, 6.07) is 0. The van der Waals surface area contributed by atoms with Gasteiger partial charge in [0.15, 0.2) is 0 Å². The molecule has 1 aromatic rings. The molecule has 0 fully saturated rings. The smallest absolute Gasteiger partial charge is 0.218 e. The third kappa shape index (κ3) is 1.95. The van der Waals surface area contributed by atoms with Crippen molar-refractivity contribution in [3.05, 3.63) is 23.9 Å². The molecule has 1 amide bonds. The van der Waals surface area contributed by atoms with Crippen molar-refractivity contribution in [2.45, 2.75) is 26.2 Å². The van der Waals surface area contributed by atoms with E-state index in [0.29, 0.717) is 0 Å². The Balaban J connectivity index is 2.99. The Morgan fingerprint density at radius 3 is 2.57 bits per heavy atom. The van der Waals surface area contributed by atoms with Crippen LogP contribution in [-0.4, -0.2) is 15.7 Å². The second-order valence-electron chi connectivity index (χ2n) is 3.58. The molecule has 77 valence electrons. The molecule has 0 aliphatic rings. The van der Waals surface area contributed by atoms with Gasteiger partial charge in [-0.15, -0.1) is 0 Å². The maximum Gasteiger partial charge on any atom is 0.218 e. The zero-order valence-electron chi connectivity index (χ0n) is 8.87. The molecule has 1 heterocycles. The van der Waals surface area contributed by atoms with Crippen molar-refractivity contribution in [3.63, 3.8) is 0 Å². The summed E-state index contributed by atoms with van der Waals surface area (Å²) < 4.78 is 1.80. The topological polar surface area (TPSA) is 60.9 Å². The standard InChI is InChI=1S/C10H16N3O/c1-6(5-9(11)14)10-7(2)12-13(4)8(10)3/h6H,1,5H2,2-4H3,(H2,11,14). The highest BCUT2D eigenvalue weighted by Crippen LogP contribution is 2.24. The maximum absolute atomic E-state index is 10.8. The summed E-state index contributed by atoms with van der Waals surface area (Å²) in [7, 11) is 1.88. The van der Waals surface area contributed by atoms with E-state index in [1.165, 1.54) is 0 Å². The average Bonchev–Trinajstić information content (AvgIpc) is 2.25. The minimum absolute atomic E-state index is 0.0961. The van der Waals surface area contributed by atoms with Crippen LogP contribution < -0.4 is 5.73 Å². The second-order valence-corrected chi connectivity index (χ2v) is 3.58. The highest BCUT2D eigenvalue weighted by atomic mass is 16.1. The number of rotatable bonds is 3. The summed E-state index contributed by atoms with van der Waals surface area (Å²) >= 11 is 0. The highest BCUT2D eigenvalue weighted by molar-refractivity contribution is 5.75. The SMILES string of the molecule is [CH2]C(CC(N)=O)c1c(C)nn(C)c1C. The molecule has 1 unspecified atom stereocenters. The lowest BCUT2D eigenvalue weighted by atomic mass is 9.96. The molecule has 0 bridgehead atoms. The fraction of sp³-hybridized carbons (Fsp3) is 0.500. The first-order valence-corrected chi connectivity index (χ1v) is 4.55. The lowest BCUT2D eigenvalue weighted by Gasteiger charge is -2.09. The van der Waals surface area contributed by atoms with E-state index < -0.39 is 0 Å². The van der Waals surface area contributed by atoms with Gasteiger partial charge in [0, 0.05) is 19.2 Å². The molecule has 0 spiro atoms. The van der Waals surface area contributed by atoms with Crippen molar-refractivity contribution in [2.75, 3.05) is 0 Å². The Labute approximate surface area is 84.1 Å².